The monoisotopic (exact) mass is 281 g/mol. The Bertz CT molecular complexity index is 585. The lowest BCUT2D eigenvalue weighted by Gasteiger charge is -2.14. The van der Waals surface area contributed by atoms with Gasteiger partial charge in [-0.3, -0.25) is 9.78 Å². The number of amides is 1. The Labute approximate surface area is 113 Å². The summed E-state index contributed by atoms with van der Waals surface area (Å²) in [5, 5.41) is 6.11. The Morgan fingerprint density at radius 2 is 2.25 bits per heavy atom. The van der Waals surface area contributed by atoms with Crippen molar-refractivity contribution >= 4 is 5.91 Å². The van der Waals surface area contributed by atoms with Gasteiger partial charge in [0.1, 0.15) is 5.69 Å². The molecular formula is C12H13F2N5O. The van der Waals surface area contributed by atoms with E-state index in [9.17, 15) is 13.6 Å². The van der Waals surface area contributed by atoms with E-state index in [1.54, 1.807) is 24.5 Å². The number of hydrogen-bond donors (Lipinski definition) is 2. The maximum absolute atomic E-state index is 13.0. The summed E-state index contributed by atoms with van der Waals surface area (Å²) in [7, 11) is 0. The Morgan fingerprint density at radius 3 is 2.90 bits per heavy atom. The molecule has 2 aromatic heterocycles. The molecule has 0 radical (unpaired) electrons. The predicted molar refractivity (Wildman–Crippen MR) is 67.7 cm³/mol. The van der Waals surface area contributed by atoms with Crippen LogP contribution in [0.3, 0.4) is 0 Å². The summed E-state index contributed by atoms with van der Waals surface area (Å²) >= 11 is 0. The van der Waals surface area contributed by atoms with Crippen molar-refractivity contribution in [1.82, 2.24) is 20.1 Å². The van der Waals surface area contributed by atoms with Crippen molar-refractivity contribution in [2.24, 2.45) is 5.73 Å². The number of aromatic nitrogens is 3. The van der Waals surface area contributed by atoms with Crippen molar-refractivity contribution in [1.29, 1.82) is 0 Å². The first-order valence-electron chi connectivity index (χ1n) is 5.84. The predicted octanol–water partition coefficient (Wildman–Crippen LogP) is 0.591. The lowest BCUT2D eigenvalue weighted by Crippen LogP contribution is -2.41. The topological polar surface area (TPSA) is 85.8 Å². The van der Waals surface area contributed by atoms with Gasteiger partial charge < -0.3 is 11.1 Å². The van der Waals surface area contributed by atoms with E-state index < -0.39 is 24.9 Å². The van der Waals surface area contributed by atoms with Crippen molar-refractivity contribution in [2.75, 3.05) is 13.1 Å². The number of nitrogens with two attached hydrogens (primary N) is 1. The van der Waals surface area contributed by atoms with Crippen LogP contribution in [0.15, 0.2) is 36.8 Å². The van der Waals surface area contributed by atoms with Crippen molar-refractivity contribution in [2.45, 2.75) is 5.92 Å². The van der Waals surface area contributed by atoms with Crippen molar-refractivity contribution in [3.8, 4) is 5.69 Å². The summed E-state index contributed by atoms with van der Waals surface area (Å²) in [5.74, 6) is -3.82. The van der Waals surface area contributed by atoms with Gasteiger partial charge in [0, 0.05) is 18.6 Å². The first-order chi connectivity index (χ1) is 9.52. The molecule has 6 nitrogen and oxygen atoms in total. The normalized spacial score (nSPS) is 11.3. The van der Waals surface area contributed by atoms with Gasteiger partial charge in [-0.2, -0.15) is 5.10 Å². The fourth-order valence-electron chi connectivity index (χ4n) is 1.48. The molecular weight excluding hydrogens is 268 g/mol. The number of pyridine rings is 1. The Hall–Kier alpha value is -2.35. The highest BCUT2D eigenvalue weighted by molar-refractivity contribution is 5.92. The fraction of sp³-hybridized carbons (Fsp3) is 0.250. The van der Waals surface area contributed by atoms with E-state index in [2.05, 4.69) is 15.4 Å². The van der Waals surface area contributed by atoms with Gasteiger partial charge in [0.15, 0.2) is 0 Å². The van der Waals surface area contributed by atoms with Gasteiger partial charge in [-0.15, -0.1) is 0 Å². The number of carbonyl (C=O) groups excluding carboxylic acids is 1. The average molecular weight is 281 g/mol. The lowest BCUT2D eigenvalue weighted by atomic mass is 10.3. The SMILES string of the molecule is NCC(F)(F)CNC(=O)c1cc(-n2cccn2)ccn1. The van der Waals surface area contributed by atoms with Gasteiger partial charge >= 0.3 is 0 Å². The molecule has 2 aromatic rings. The fourth-order valence-corrected chi connectivity index (χ4v) is 1.48. The average Bonchev–Trinajstić information content (AvgIpc) is 2.99. The smallest absolute Gasteiger partial charge is 0.277 e. The number of alkyl halides is 2. The van der Waals surface area contributed by atoms with Crippen LogP contribution in [0, 0.1) is 0 Å². The van der Waals surface area contributed by atoms with Crippen LogP contribution in [0.4, 0.5) is 8.78 Å². The summed E-state index contributed by atoms with van der Waals surface area (Å²) in [5.41, 5.74) is 5.54. The zero-order valence-electron chi connectivity index (χ0n) is 10.5. The summed E-state index contributed by atoms with van der Waals surface area (Å²) < 4.78 is 27.4. The Kier molecular flexibility index (Phi) is 4.04. The second kappa shape index (κ2) is 5.74. The number of nitrogens with zero attached hydrogens (tertiary/aromatic N) is 3. The van der Waals surface area contributed by atoms with E-state index >= 15 is 0 Å². The maximum atomic E-state index is 13.0. The molecule has 0 saturated heterocycles. The summed E-state index contributed by atoms with van der Waals surface area (Å²) in [6.07, 6.45) is 4.69. The van der Waals surface area contributed by atoms with Crippen LogP contribution in [0.5, 0.6) is 0 Å². The van der Waals surface area contributed by atoms with Crippen LogP contribution in [0.1, 0.15) is 10.5 Å². The molecule has 0 saturated carbocycles. The highest BCUT2D eigenvalue weighted by atomic mass is 19.3. The minimum atomic E-state index is -3.13. The number of hydrogen-bond acceptors (Lipinski definition) is 4. The lowest BCUT2D eigenvalue weighted by molar-refractivity contribution is 0.0118. The van der Waals surface area contributed by atoms with Gasteiger partial charge in [0.05, 0.1) is 18.8 Å². The molecule has 8 heteroatoms. The van der Waals surface area contributed by atoms with Crippen LogP contribution in [-0.2, 0) is 0 Å². The van der Waals surface area contributed by atoms with E-state index in [0.29, 0.717) is 5.69 Å². The molecule has 2 rings (SSSR count). The minimum Gasteiger partial charge on any atom is -0.345 e. The number of nitrogens with one attached hydrogen (secondary N) is 1. The molecule has 2 heterocycles. The third-order valence-corrected chi connectivity index (χ3v) is 2.55. The van der Waals surface area contributed by atoms with Crippen LogP contribution < -0.4 is 11.1 Å². The van der Waals surface area contributed by atoms with Gasteiger partial charge in [-0.1, -0.05) is 0 Å². The van der Waals surface area contributed by atoms with Crippen molar-refractivity contribution in [3.05, 3.63) is 42.5 Å². The molecule has 1 amide bonds. The van der Waals surface area contributed by atoms with Gasteiger partial charge in [-0.25, -0.2) is 13.5 Å². The van der Waals surface area contributed by atoms with Gasteiger partial charge in [-0.05, 0) is 18.2 Å². The van der Waals surface area contributed by atoms with E-state index in [1.807, 2.05) is 0 Å². The molecule has 0 fully saturated rings. The molecule has 0 atom stereocenters. The van der Waals surface area contributed by atoms with Crippen molar-refractivity contribution in [3.63, 3.8) is 0 Å². The quantitative estimate of drug-likeness (QED) is 0.840. The van der Waals surface area contributed by atoms with E-state index in [0.717, 1.165) is 0 Å². The number of halogens is 2. The second-order valence-electron chi connectivity index (χ2n) is 4.09. The van der Waals surface area contributed by atoms with Crippen LogP contribution in [0.25, 0.3) is 5.69 Å². The highest BCUT2D eigenvalue weighted by Gasteiger charge is 2.27. The molecule has 0 unspecified atom stereocenters. The van der Waals surface area contributed by atoms with E-state index in [1.165, 1.54) is 16.9 Å². The first kappa shape index (κ1) is 14.1. The Morgan fingerprint density at radius 1 is 1.45 bits per heavy atom. The van der Waals surface area contributed by atoms with Crippen LogP contribution >= 0.6 is 0 Å². The third kappa shape index (κ3) is 3.35. The molecule has 0 aromatic carbocycles. The Balaban J connectivity index is 2.09. The van der Waals surface area contributed by atoms with Crippen LogP contribution in [0.2, 0.25) is 0 Å². The van der Waals surface area contributed by atoms with Crippen LogP contribution in [-0.4, -0.2) is 39.7 Å². The summed E-state index contributed by atoms with van der Waals surface area (Å²) in [6.45, 7) is -1.65. The zero-order chi connectivity index (χ0) is 14.6. The summed E-state index contributed by atoms with van der Waals surface area (Å²) in [4.78, 5) is 15.6. The molecule has 0 aliphatic heterocycles. The van der Waals surface area contributed by atoms with Crippen molar-refractivity contribution < 1.29 is 13.6 Å². The molecule has 0 aliphatic carbocycles. The second-order valence-corrected chi connectivity index (χ2v) is 4.09. The third-order valence-electron chi connectivity index (χ3n) is 2.55. The number of rotatable bonds is 5. The molecule has 3 N–H and O–H groups in total. The standard InChI is InChI=1S/C12H13F2N5O/c13-12(14,7-15)8-17-11(20)10-6-9(2-4-16-10)19-5-1-3-18-19/h1-6H,7-8,15H2,(H,17,20). The molecule has 106 valence electrons. The highest BCUT2D eigenvalue weighted by Crippen LogP contribution is 2.10. The summed E-state index contributed by atoms with van der Waals surface area (Å²) in [6, 6.07) is 4.84. The zero-order valence-corrected chi connectivity index (χ0v) is 10.5. The number of carbonyl (C=O) groups is 1. The molecule has 20 heavy (non-hydrogen) atoms. The van der Waals surface area contributed by atoms with Gasteiger partial charge in [0.2, 0.25) is 0 Å². The molecule has 0 bridgehead atoms. The maximum Gasteiger partial charge on any atom is 0.277 e. The first-order valence-corrected chi connectivity index (χ1v) is 5.84. The van der Waals surface area contributed by atoms with E-state index in [-0.39, 0.29) is 5.69 Å². The molecule has 0 aliphatic rings. The van der Waals surface area contributed by atoms with E-state index in [4.69, 9.17) is 5.73 Å². The largest absolute Gasteiger partial charge is 0.345 e. The molecule has 0 spiro atoms. The minimum absolute atomic E-state index is 0.0332. The van der Waals surface area contributed by atoms with Gasteiger partial charge in [0.25, 0.3) is 11.8 Å².